The summed E-state index contributed by atoms with van der Waals surface area (Å²) in [6, 6.07) is 12.6. The molecule has 0 aliphatic heterocycles. The van der Waals surface area contributed by atoms with Gasteiger partial charge in [-0.2, -0.15) is 0 Å². The molecule has 0 saturated heterocycles. The quantitative estimate of drug-likeness (QED) is 0.550. The van der Waals surface area contributed by atoms with Gasteiger partial charge in [0.05, 0.1) is 13.2 Å². The van der Waals surface area contributed by atoms with Gasteiger partial charge in [0.15, 0.2) is 0 Å². The SMILES string of the molecule is C=C(C)C(=O)OCCc1cc(CO)ccc1-c1ccc(CCC)cc1C. The first-order chi connectivity index (χ1) is 12.5. The van der Waals surface area contributed by atoms with Gasteiger partial charge in [-0.1, -0.05) is 56.3 Å². The summed E-state index contributed by atoms with van der Waals surface area (Å²) >= 11 is 0. The molecule has 0 aliphatic carbocycles. The molecule has 0 aliphatic rings. The van der Waals surface area contributed by atoms with Crippen molar-refractivity contribution in [3.05, 3.63) is 70.8 Å². The minimum atomic E-state index is -0.370. The molecule has 2 aromatic carbocycles. The molecule has 0 atom stereocenters. The summed E-state index contributed by atoms with van der Waals surface area (Å²) < 4.78 is 5.25. The van der Waals surface area contributed by atoms with E-state index in [4.69, 9.17) is 4.74 Å². The van der Waals surface area contributed by atoms with Crippen LogP contribution >= 0.6 is 0 Å². The van der Waals surface area contributed by atoms with Crippen LogP contribution in [0.25, 0.3) is 11.1 Å². The standard InChI is InChI=1S/C23H28O3/c1-5-6-18-7-9-21(17(4)13-18)22-10-8-19(15-24)14-20(22)11-12-26-23(25)16(2)3/h7-10,13-14,24H,2,5-6,11-12,15H2,1,3-4H3. The summed E-state index contributed by atoms with van der Waals surface area (Å²) in [5, 5.41) is 9.46. The average Bonchev–Trinajstić information content (AvgIpc) is 2.62. The number of benzene rings is 2. The van der Waals surface area contributed by atoms with Gasteiger partial charge in [0.2, 0.25) is 0 Å². The zero-order chi connectivity index (χ0) is 19.1. The highest BCUT2D eigenvalue weighted by atomic mass is 16.5. The lowest BCUT2D eigenvalue weighted by atomic mass is 9.91. The molecule has 26 heavy (non-hydrogen) atoms. The minimum Gasteiger partial charge on any atom is -0.462 e. The average molecular weight is 352 g/mol. The Labute approximate surface area is 156 Å². The third-order valence-corrected chi connectivity index (χ3v) is 4.42. The topological polar surface area (TPSA) is 46.5 Å². The maximum absolute atomic E-state index is 11.6. The Morgan fingerprint density at radius 3 is 2.38 bits per heavy atom. The van der Waals surface area contributed by atoms with Crippen LogP contribution in [0.1, 0.15) is 42.5 Å². The number of hydrogen-bond acceptors (Lipinski definition) is 3. The lowest BCUT2D eigenvalue weighted by molar-refractivity contribution is -0.138. The highest BCUT2D eigenvalue weighted by molar-refractivity contribution is 5.86. The van der Waals surface area contributed by atoms with Crippen LogP contribution in [0.15, 0.2) is 48.6 Å². The first-order valence-electron chi connectivity index (χ1n) is 9.11. The Morgan fingerprint density at radius 2 is 1.77 bits per heavy atom. The fourth-order valence-electron chi connectivity index (χ4n) is 3.06. The maximum atomic E-state index is 11.6. The Balaban J connectivity index is 2.30. The lowest BCUT2D eigenvalue weighted by Crippen LogP contribution is -2.09. The van der Waals surface area contributed by atoms with Crippen molar-refractivity contribution in [2.45, 2.75) is 46.6 Å². The molecule has 3 nitrogen and oxygen atoms in total. The van der Waals surface area contributed by atoms with Crippen LogP contribution in [0.3, 0.4) is 0 Å². The molecule has 0 radical (unpaired) electrons. The van der Waals surface area contributed by atoms with Crippen molar-refractivity contribution in [1.29, 1.82) is 0 Å². The number of aliphatic hydroxyl groups excluding tert-OH is 1. The number of rotatable bonds is 8. The van der Waals surface area contributed by atoms with Crippen molar-refractivity contribution in [3.8, 4) is 11.1 Å². The summed E-state index contributed by atoms with van der Waals surface area (Å²) in [5.74, 6) is -0.370. The Kier molecular flexibility index (Phi) is 7.16. The Morgan fingerprint density at radius 1 is 1.08 bits per heavy atom. The number of carbonyl (C=O) groups is 1. The normalized spacial score (nSPS) is 10.6. The van der Waals surface area contributed by atoms with Gasteiger partial charge in [-0.3, -0.25) is 0 Å². The van der Waals surface area contributed by atoms with E-state index < -0.39 is 0 Å². The third-order valence-electron chi connectivity index (χ3n) is 4.42. The second kappa shape index (κ2) is 9.35. The number of ether oxygens (including phenoxy) is 1. The van der Waals surface area contributed by atoms with Crippen molar-refractivity contribution in [3.63, 3.8) is 0 Å². The molecule has 0 bridgehead atoms. The van der Waals surface area contributed by atoms with E-state index in [1.54, 1.807) is 6.92 Å². The van der Waals surface area contributed by atoms with Crippen molar-refractivity contribution in [1.82, 2.24) is 0 Å². The summed E-state index contributed by atoms with van der Waals surface area (Å²) in [7, 11) is 0. The molecular weight excluding hydrogens is 324 g/mol. The molecule has 0 unspecified atom stereocenters. The fraction of sp³-hybridized carbons (Fsp3) is 0.348. The Bertz CT molecular complexity index is 790. The fourth-order valence-corrected chi connectivity index (χ4v) is 3.06. The summed E-state index contributed by atoms with van der Waals surface area (Å²) in [6.07, 6.45) is 2.80. The summed E-state index contributed by atoms with van der Waals surface area (Å²) in [6.45, 7) is 9.83. The van der Waals surface area contributed by atoms with Crippen LogP contribution in [-0.2, 0) is 29.0 Å². The van der Waals surface area contributed by atoms with E-state index in [2.05, 4.69) is 38.6 Å². The van der Waals surface area contributed by atoms with E-state index in [1.807, 2.05) is 18.2 Å². The first-order valence-corrected chi connectivity index (χ1v) is 9.11. The number of esters is 1. The molecule has 0 heterocycles. The van der Waals surface area contributed by atoms with Crippen LogP contribution in [-0.4, -0.2) is 17.7 Å². The predicted molar refractivity (Wildman–Crippen MR) is 106 cm³/mol. The third kappa shape index (κ3) is 5.06. The van der Waals surface area contributed by atoms with E-state index in [9.17, 15) is 9.90 Å². The van der Waals surface area contributed by atoms with Gasteiger partial charge < -0.3 is 9.84 Å². The van der Waals surface area contributed by atoms with E-state index >= 15 is 0 Å². The van der Waals surface area contributed by atoms with E-state index in [-0.39, 0.29) is 12.6 Å². The smallest absolute Gasteiger partial charge is 0.333 e. The van der Waals surface area contributed by atoms with Gasteiger partial charge in [-0.05, 0) is 53.6 Å². The molecule has 0 spiro atoms. The van der Waals surface area contributed by atoms with Crippen LogP contribution in [0.5, 0.6) is 0 Å². The van der Waals surface area contributed by atoms with Gasteiger partial charge in [0, 0.05) is 12.0 Å². The van der Waals surface area contributed by atoms with Crippen LogP contribution in [0, 0.1) is 6.92 Å². The molecule has 1 N–H and O–H groups in total. The number of hydrogen-bond donors (Lipinski definition) is 1. The highest BCUT2D eigenvalue weighted by Gasteiger charge is 2.11. The van der Waals surface area contributed by atoms with E-state index in [1.165, 1.54) is 16.7 Å². The van der Waals surface area contributed by atoms with Crippen molar-refractivity contribution < 1.29 is 14.6 Å². The zero-order valence-electron chi connectivity index (χ0n) is 16.0. The van der Waals surface area contributed by atoms with Crippen molar-refractivity contribution >= 4 is 5.97 Å². The van der Waals surface area contributed by atoms with Gasteiger partial charge in [-0.15, -0.1) is 0 Å². The molecule has 138 valence electrons. The summed E-state index contributed by atoms with van der Waals surface area (Å²) in [4.78, 5) is 11.6. The van der Waals surface area contributed by atoms with E-state index in [0.29, 0.717) is 18.6 Å². The van der Waals surface area contributed by atoms with E-state index in [0.717, 1.165) is 29.5 Å². The van der Waals surface area contributed by atoms with Gasteiger partial charge >= 0.3 is 5.97 Å². The van der Waals surface area contributed by atoms with Crippen molar-refractivity contribution in [2.24, 2.45) is 0 Å². The van der Waals surface area contributed by atoms with Crippen LogP contribution in [0.2, 0.25) is 0 Å². The molecule has 0 fully saturated rings. The lowest BCUT2D eigenvalue weighted by Gasteiger charge is -2.15. The van der Waals surface area contributed by atoms with Crippen molar-refractivity contribution in [2.75, 3.05) is 6.61 Å². The number of carbonyl (C=O) groups excluding carboxylic acids is 1. The Hall–Kier alpha value is -2.39. The van der Waals surface area contributed by atoms with Crippen LogP contribution in [0.4, 0.5) is 0 Å². The first kappa shape index (κ1) is 19.9. The second-order valence-electron chi connectivity index (χ2n) is 6.72. The molecule has 3 heteroatoms. The minimum absolute atomic E-state index is 0.00669. The van der Waals surface area contributed by atoms with Gasteiger partial charge in [-0.25, -0.2) is 4.79 Å². The predicted octanol–water partition coefficient (Wildman–Crippen LogP) is 4.77. The molecule has 2 aromatic rings. The number of aliphatic hydroxyl groups is 1. The summed E-state index contributed by atoms with van der Waals surface area (Å²) in [5.41, 5.74) is 7.19. The zero-order valence-corrected chi connectivity index (χ0v) is 16.0. The molecule has 2 rings (SSSR count). The largest absolute Gasteiger partial charge is 0.462 e. The monoisotopic (exact) mass is 352 g/mol. The van der Waals surface area contributed by atoms with Crippen LogP contribution < -0.4 is 0 Å². The molecule has 0 amide bonds. The molecule has 0 aromatic heterocycles. The highest BCUT2D eigenvalue weighted by Crippen LogP contribution is 2.29. The van der Waals surface area contributed by atoms with Gasteiger partial charge in [0.1, 0.15) is 0 Å². The second-order valence-corrected chi connectivity index (χ2v) is 6.72. The van der Waals surface area contributed by atoms with Gasteiger partial charge in [0.25, 0.3) is 0 Å². The molecular formula is C23H28O3. The molecule has 0 saturated carbocycles. The number of aryl methyl sites for hydroxylation is 2. The maximum Gasteiger partial charge on any atom is 0.333 e.